The monoisotopic (exact) mass is 313 g/mol. The summed E-state index contributed by atoms with van der Waals surface area (Å²) < 4.78 is 1.78. The van der Waals surface area contributed by atoms with Gasteiger partial charge in [0.25, 0.3) is 5.91 Å². The van der Waals surface area contributed by atoms with E-state index in [1.807, 2.05) is 26.0 Å². The molecule has 0 saturated carbocycles. The van der Waals surface area contributed by atoms with Gasteiger partial charge in [-0.2, -0.15) is 5.10 Å². The molecule has 122 valence electrons. The maximum Gasteiger partial charge on any atom is 0.253 e. The summed E-state index contributed by atoms with van der Waals surface area (Å²) in [6.45, 7) is 7.06. The molecule has 3 rings (SSSR count). The van der Waals surface area contributed by atoms with Gasteiger partial charge in [-0.1, -0.05) is 0 Å². The number of amides is 1. The summed E-state index contributed by atoms with van der Waals surface area (Å²) >= 11 is 0. The molecule has 2 aromatic heterocycles. The lowest BCUT2D eigenvalue weighted by atomic mass is 9.99. The van der Waals surface area contributed by atoms with Crippen LogP contribution in [0.25, 0.3) is 5.82 Å². The van der Waals surface area contributed by atoms with Gasteiger partial charge in [0.15, 0.2) is 5.82 Å². The average Bonchev–Trinajstić information content (AvgIpc) is 2.88. The number of rotatable bonds is 3. The van der Waals surface area contributed by atoms with Crippen LogP contribution in [0.2, 0.25) is 0 Å². The van der Waals surface area contributed by atoms with Crippen LogP contribution in [0, 0.1) is 13.8 Å². The van der Waals surface area contributed by atoms with Crippen LogP contribution in [0.5, 0.6) is 0 Å². The van der Waals surface area contributed by atoms with Crippen molar-refractivity contribution < 1.29 is 4.79 Å². The second kappa shape index (κ2) is 6.50. The topological polar surface area (TPSA) is 71.8 Å². The van der Waals surface area contributed by atoms with Crippen LogP contribution in [0.1, 0.15) is 41.5 Å². The van der Waals surface area contributed by atoms with Gasteiger partial charge < -0.3 is 10.6 Å². The van der Waals surface area contributed by atoms with Crippen molar-refractivity contribution in [1.82, 2.24) is 25.4 Å². The minimum Gasteiger partial charge on any atom is -0.348 e. The summed E-state index contributed by atoms with van der Waals surface area (Å²) in [6.07, 6.45) is 3.71. The van der Waals surface area contributed by atoms with Crippen LogP contribution in [0.15, 0.2) is 24.4 Å². The van der Waals surface area contributed by atoms with Gasteiger partial charge in [0.2, 0.25) is 0 Å². The minimum atomic E-state index is -0.0713. The molecule has 6 heteroatoms. The van der Waals surface area contributed by atoms with E-state index in [9.17, 15) is 4.79 Å². The molecule has 1 saturated heterocycles. The molecule has 1 aliphatic rings. The summed E-state index contributed by atoms with van der Waals surface area (Å²) in [4.78, 5) is 16.8. The second-order valence-corrected chi connectivity index (χ2v) is 6.21. The van der Waals surface area contributed by atoms with Crippen LogP contribution in [-0.2, 0) is 0 Å². The highest BCUT2D eigenvalue weighted by atomic mass is 16.1. The number of carbonyl (C=O) groups is 1. The number of hydrogen-bond acceptors (Lipinski definition) is 4. The molecule has 0 bridgehead atoms. The van der Waals surface area contributed by atoms with Crippen molar-refractivity contribution in [3.05, 3.63) is 41.3 Å². The van der Waals surface area contributed by atoms with E-state index in [1.54, 1.807) is 16.9 Å². The third-order valence-corrected chi connectivity index (χ3v) is 4.31. The lowest BCUT2D eigenvalue weighted by molar-refractivity contribution is 0.0919. The normalized spacial score (nSPS) is 21.2. The minimum absolute atomic E-state index is 0.0713. The zero-order valence-electron chi connectivity index (χ0n) is 13.8. The molecule has 1 aliphatic heterocycles. The summed E-state index contributed by atoms with van der Waals surface area (Å²) in [6, 6.07) is 6.10. The van der Waals surface area contributed by atoms with Crippen LogP contribution in [0.3, 0.4) is 0 Å². The van der Waals surface area contributed by atoms with Gasteiger partial charge in [0.05, 0.1) is 11.3 Å². The zero-order valence-corrected chi connectivity index (χ0v) is 13.8. The van der Waals surface area contributed by atoms with Gasteiger partial charge in [-0.05, 0) is 58.4 Å². The Kier molecular flexibility index (Phi) is 4.43. The van der Waals surface area contributed by atoms with E-state index in [-0.39, 0.29) is 11.9 Å². The summed E-state index contributed by atoms with van der Waals surface area (Å²) in [5, 5.41) is 10.9. The first-order valence-electron chi connectivity index (χ1n) is 8.08. The molecule has 3 heterocycles. The fraction of sp³-hybridized carbons (Fsp3) is 0.471. The first kappa shape index (κ1) is 15.7. The van der Waals surface area contributed by atoms with E-state index in [0.717, 1.165) is 36.6 Å². The van der Waals surface area contributed by atoms with E-state index in [2.05, 4.69) is 27.6 Å². The first-order valence-corrected chi connectivity index (χ1v) is 8.08. The molecule has 2 aromatic rings. The van der Waals surface area contributed by atoms with Crippen LogP contribution >= 0.6 is 0 Å². The molecule has 0 aliphatic carbocycles. The maximum atomic E-state index is 12.4. The van der Waals surface area contributed by atoms with Crippen molar-refractivity contribution in [2.75, 3.05) is 6.54 Å². The molecule has 1 amide bonds. The Morgan fingerprint density at radius 2 is 2.22 bits per heavy atom. The molecule has 1 fully saturated rings. The van der Waals surface area contributed by atoms with Crippen LogP contribution in [-0.4, -0.2) is 39.3 Å². The fourth-order valence-electron chi connectivity index (χ4n) is 3.00. The number of piperidine rings is 1. The van der Waals surface area contributed by atoms with Crippen molar-refractivity contribution in [3.8, 4) is 5.82 Å². The van der Waals surface area contributed by atoms with Crippen molar-refractivity contribution in [2.45, 2.75) is 45.7 Å². The van der Waals surface area contributed by atoms with Gasteiger partial charge in [-0.3, -0.25) is 4.79 Å². The molecule has 2 N–H and O–H groups in total. The van der Waals surface area contributed by atoms with E-state index in [4.69, 9.17) is 0 Å². The molecule has 0 aromatic carbocycles. The molecule has 0 radical (unpaired) electrons. The molecular formula is C17H23N5O. The van der Waals surface area contributed by atoms with Crippen LogP contribution < -0.4 is 10.6 Å². The lowest BCUT2D eigenvalue weighted by Crippen LogP contribution is -2.51. The third-order valence-electron chi connectivity index (χ3n) is 4.31. The number of nitrogens with zero attached hydrogens (tertiary/aromatic N) is 3. The summed E-state index contributed by atoms with van der Waals surface area (Å²) in [5.74, 6) is 0.651. The Morgan fingerprint density at radius 3 is 2.83 bits per heavy atom. The molecule has 6 nitrogen and oxygen atoms in total. The van der Waals surface area contributed by atoms with Gasteiger partial charge in [-0.15, -0.1) is 0 Å². The van der Waals surface area contributed by atoms with E-state index >= 15 is 0 Å². The van der Waals surface area contributed by atoms with Gasteiger partial charge >= 0.3 is 0 Å². The number of hydrogen-bond donors (Lipinski definition) is 2. The smallest absolute Gasteiger partial charge is 0.253 e. The van der Waals surface area contributed by atoms with E-state index in [1.165, 1.54) is 0 Å². The number of aryl methyl sites for hydroxylation is 2. The van der Waals surface area contributed by atoms with Crippen LogP contribution in [0.4, 0.5) is 0 Å². The fourth-order valence-corrected chi connectivity index (χ4v) is 3.00. The Hall–Kier alpha value is -2.21. The van der Waals surface area contributed by atoms with Crippen molar-refractivity contribution in [3.63, 3.8) is 0 Å². The molecule has 23 heavy (non-hydrogen) atoms. The van der Waals surface area contributed by atoms with Gasteiger partial charge in [-0.25, -0.2) is 9.67 Å². The summed E-state index contributed by atoms with van der Waals surface area (Å²) in [7, 11) is 0. The van der Waals surface area contributed by atoms with Crippen molar-refractivity contribution in [1.29, 1.82) is 0 Å². The Balaban J connectivity index is 1.71. The molecule has 2 unspecified atom stereocenters. The van der Waals surface area contributed by atoms with E-state index < -0.39 is 0 Å². The molecule has 2 atom stereocenters. The first-order chi connectivity index (χ1) is 11.0. The van der Waals surface area contributed by atoms with E-state index in [0.29, 0.717) is 11.6 Å². The SMILES string of the molecule is Cc1cc(C)n(-c2ccc(C(=O)NC3CCCNC3C)cn2)n1. The Morgan fingerprint density at radius 1 is 1.39 bits per heavy atom. The Bertz CT molecular complexity index is 692. The standard InChI is InChI=1S/C17H23N5O/c1-11-9-12(2)22(21-11)16-7-6-14(10-19-16)17(23)20-15-5-4-8-18-13(15)3/h6-7,9-10,13,15,18H,4-5,8H2,1-3H3,(H,20,23). The molecule has 0 spiro atoms. The average molecular weight is 313 g/mol. The number of aromatic nitrogens is 3. The quantitative estimate of drug-likeness (QED) is 0.905. The second-order valence-electron chi connectivity index (χ2n) is 6.21. The Labute approximate surface area is 136 Å². The maximum absolute atomic E-state index is 12.4. The van der Waals surface area contributed by atoms with Crippen molar-refractivity contribution in [2.24, 2.45) is 0 Å². The molecular weight excluding hydrogens is 290 g/mol. The highest BCUT2D eigenvalue weighted by Crippen LogP contribution is 2.12. The lowest BCUT2D eigenvalue weighted by Gasteiger charge is -2.30. The highest BCUT2D eigenvalue weighted by molar-refractivity contribution is 5.94. The number of nitrogens with one attached hydrogen (secondary N) is 2. The number of pyridine rings is 1. The predicted molar refractivity (Wildman–Crippen MR) is 88.8 cm³/mol. The summed E-state index contributed by atoms with van der Waals surface area (Å²) in [5.41, 5.74) is 2.55. The van der Waals surface area contributed by atoms with Gasteiger partial charge in [0, 0.05) is 24.0 Å². The highest BCUT2D eigenvalue weighted by Gasteiger charge is 2.22. The number of carbonyl (C=O) groups excluding carboxylic acids is 1. The van der Waals surface area contributed by atoms with Gasteiger partial charge in [0.1, 0.15) is 0 Å². The largest absolute Gasteiger partial charge is 0.348 e. The third kappa shape index (κ3) is 3.42. The predicted octanol–water partition coefficient (Wildman–Crippen LogP) is 1.75. The zero-order chi connectivity index (χ0) is 16.4. The van der Waals surface area contributed by atoms with Crippen molar-refractivity contribution >= 4 is 5.91 Å².